The van der Waals surface area contributed by atoms with Crippen LogP contribution in [0, 0.1) is 12.3 Å². The van der Waals surface area contributed by atoms with E-state index in [1.54, 1.807) is 0 Å². The van der Waals surface area contributed by atoms with Gasteiger partial charge >= 0.3 is 0 Å². The quantitative estimate of drug-likeness (QED) is 0.641. The Hall–Kier alpha value is -1.10. The SMILES string of the molecule is C#CC1(NC(=C)NC)CCCCC1. The minimum Gasteiger partial charge on any atom is -0.375 e. The number of hydrogen-bond acceptors (Lipinski definition) is 2. The van der Waals surface area contributed by atoms with E-state index in [2.05, 4.69) is 23.1 Å². The van der Waals surface area contributed by atoms with Crippen molar-refractivity contribution in [3.05, 3.63) is 12.4 Å². The Morgan fingerprint density at radius 1 is 1.38 bits per heavy atom. The molecule has 0 bridgehead atoms. The second kappa shape index (κ2) is 4.23. The molecule has 0 heterocycles. The molecule has 0 aliphatic heterocycles. The fourth-order valence-electron chi connectivity index (χ4n) is 1.81. The van der Waals surface area contributed by atoms with Gasteiger partial charge in [-0.15, -0.1) is 6.42 Å². The zero-order chi connectivity index (χ0) is 9.73. The number of hydrogen-bond donors (Lipinski definition) is 2. The molecule has 0 radical (unpaired) electrons. The number of nitrogens with one attached hydrogen (secondary N) is 2. The van der Waals surface area contributed by atoms with Gasteiger partial charge in [-0.1, -0.05) is 31.8 Å². The Morgan fingerprint density at radius 2 is 2.00 bits per heavy atom. The van der Waals surface area contributed by atoms with E-state index >= 15 is 0 Å². The summed E-state index contributed by atoms with van der Waals surface area (Å²) in [6.07, 6.45) is 11.4. The van der Waals surface area contributed by atoms with Crippen LogP contribution in [-0.2, 0) is 0 Å². The predicted molar refractivity (Wildman–Crippen MR) is 56.0 cm³/mol. The molecule has 0 unspecified atom stereocenters. The fraction of sp³-hybridized carbons (Fsp3) is 0.636. The molecule has 0 spiro atoms. The third-order valence-corrected chi connectivity index (χ3v) is 2.68. The van der Waals surface area contributed by atoms with Crippen LogP contribution in [0.1, 0.15) is 32.1 Å². The van der Waals surface area contributed by atoms with Crippen LogP contribution in [0.3, 0.4) is 0 Å². The minimum absolute atomic E-state index is 0.141. The van der Waals surface area contributed by atoms with E-state index in [4.69, 9.17) is 6.42 Å². The lowest BCUT2D eigenvalue weighted by Crippen LogP contribution is -2.46. The summed E-state index contributed by atoms with van der Waals surface area (Å²) >= 11 is 0. The third kappa shape index (κ3) is 2.42. The van der Waals surface area contributed by atoms with Crippen LogP contribution in [0.15, 0.2) is 12.4 Å². The summed E-state index contributed by atoms with van der Waals surface area (Å²) in [6, 6.07) is 0. The monoisotopic (exact) mass is 178 g/mol. The molecule has 72 valence electrons. The average molecular weight is 178 g/mol. The Kier molecular flexibility index (Phi) is 3.25. The van der Waals surface area contributed by atoms with Gasteiger partial charge in [-0.2, -0.15) is 0 Å². The molecule has 1 aliphatic carbocycles. The van der Waals surface area contributed by atoms with Gasteiger partial charge in [0, 0.05) is 7.05 Å². The van der Waals surface area contributed by atoms with Crippen LogP contribution in [0.2, 0.25) is 0 Å². The van der Waals surface area contributed by atoms with E-state index in [0.717, 1.165) is 18.7 Å². The summed E-state index contributed by atoms with van der Waals surface area (Å²) in [6.45, 7) is 3.84. The van der Waals surface area contributed by atoms with Gasteiger partial charge in [0.2, 0.25) is 0 Å². The van der Waals surface area contributed by atoms with Gasteiger partial charge in [-0.05, 0) is 12.8 Å². The number of terminal acetylenes is 1. The molecule has 0 aromatic rings. The first kappa shape index (κ1) is 9.98. The second-order valence-electron chi connectivity index (χ2n) is 3.64. The standard InChI is InChI=1S/C11H18N2/c1-4-11(13-10(2)12-3)8-6-5-7-9-11/h1,12-13H,2,5-9H2,3H3. The average Bonchev–Trinajstić information content (AvgIpc) is 2.19. The highest BCUT2D eigenvalue weighted by atomic mass is 15.1. The molecule has 0 atom stereocenters. The molecular formula is C11H18N2. The van der Waals surface area contributed by atoms with Gasteiger partial charge in [-0.25, -0.2) is 0 Å². The van der Waals surface area contributed by atoms with Crippen molar-refractivity contribution in [1.82, 2.24) is 10.6 Å². The Balaban J connectivity index is 2.59. The van der Waals surface area contributed by atoms with Crippen molar-refractivity contribution >= 4 is 0 Å². The topological polar surface area (TPSA) is 24.1 Å². The molecule has 2 nitrogen and oxygen atoms in total. The van der Waals surface area contributed by atoms with Crippen molar-refractivity contribution in [3.8, 4) is 12.3 Å². The summed E-state index contributed by atoms with van der Waals surface area (Å²) in [5.41, 5.74) is -0.141. The van der Waals surface area contributed by atoms with Gasteiger partial charge in [0.25, 0.3) is 0 Å². The van der Waals surface area contributed by atoms with E-state index in [0.29, 0.717) is 0 Å². The molecule has 13 heavy (non-hydrogen) atoms. The maximum absolute atomic E-state index is 5.56. The Morgan fingerprint density at radius 3 is 2.46 bits per heavy atom. The molecule has 1 fully saturated rings. The Bertz CT molecular complexity index is 219. The van der Waals surface area contributed by atoms with E-state index in [-0.39, 0.29) is 5.54 Å². The second-order valence-corrected chi connectivity index (χ2v) is 3.64. The third-order valence-electron chi connectivity index (χ3n) is 2.68. The van der Waals surface area contributed by atoms with E-state index in [1.165, 1.54) is 19.3 Å². The highest BCUT2D eigenvalue weighted by Gasteiger charge is 2.29. The molecule has 0 aromatic heterocycles. The maximum atomic E-state index is 5.56. The first-order valence-electron chi connectivity index (χ1n) is 4.85. The summed E-state index contributed by atoms with van der Waals surface area (Å²) in [4.78, 5) is 0. The lowest BCUT2D eigenvalue weighted by Gasteiger charge is -2.34. The van der Waals surface area contributed by atoms with Gasteiger partial charge < -0.3 is 10.6 Å². The first-order chi connectivity index (χ1) is 6.22. The highest BCUT2D eigenvalue weighted by Crippen LogP contribution is 2.27. The van der Waals surface area contributed by atoms with Crippen molar-refractivity contribution in [1.29, 1.82) is 0 Å². The molecule has 1 rings (SSSR count). The minimum atomic E-state index is -0.141. The van der Waals surface area contributed by atoms with Crippen molar-refractivity contribution < 1.29 is 0 Å². The molecular weight excluding hydrogens is 160 g/mol. The van der Waals surface area contributed by atoms with E-state index in [1.807, 2.05) is 7.05 Å². The molecule has 2 N–H and O–H groups in total. The van der Waals surface area contributed by atoms with Crippen LogP contribution >= 0.6 is 0 Å². The lowest BCUT2D eigenvalue weighted by atomic mass is 9.82. The molecule has 0 saturated heterocycles. The van der Waals surface area contributed by atoms with Gasteiger partial charge in [0.1, 0.15) is 0 Å². The zero-order valence-corrected chi connectivity index (χ0v) is 8.32. The maximum Gasteiger partial charge on any atom is 0.0995 e. The van der Waals surface area contributed by atoms with Crippen LogP contribution < -0.4 is 10.6 Å². The van der Waals surface area contributed by atoms with Crippen LogP contribution in [0.25, 0.3) is 0 Å². The smallest absolute Gasteiger partial charge is 0.0995 e. The molecule has 0 aromatic carbocycles. The summed E-state index contributed by atoms with van der Waals surface area (Å²) < 4.78 is 0. The zero-order valence-electron chi connectivity index (χ0n) is 8.32. The normalized spacial score (nSPS) is 20.0. The summed E-state index contributed by atoms with van der Waals surface area (Å²) in [5, 5.41) is 6.26. The molecule has 2 heteroatoms. The highest BCUT2D eigenvalue weighted by molar-refractivity contribution is 5.17. The molecule has 0 amide bonds. The number of rotatable bonds is 3. The summed E-state index contributed by atoms with van der Waals surface area (Å²) in [7, 11) is 1.85. The Labute approximate surface area is 80.8 Å². The predicted octanol–water partition coefficient (Wildman–Crippen LogP) is 1.60. The lowest BCUT2D eigenvalue weighted by molar-refractivity contribution is 0.318. The van der Waals surface area contributed by atoms with E-state index < -0.39 is 0 Å². The first-order valence-corrected chi connectivity index (χ1v) is 4.85. The van der Waals surface area contributed by atoms with Crippen molar-refractivity contribution in [2.24, 2.45) is 0 Å². The van der Waals surface area contributed by atoms with Gasteiger partial charge in [-0.3, -0.25) is 0 Å². The van der Waals surface area contributed by atoms with Gasteiger partial charge in [0.15, 0.2) is 0 Å². The van der Waals surface area contributed by atoms with Crippen LogP contribution in [0.5, 0.6) is 0 Å². The van der Waals surface area contributed by atoms with Crippen LogP contribution in [-0.4, -0.2) is 12.6 Å². The van der Waals surface area contributed by atoms with Crippen molar-refractivity contribution in [3.63, 3.8) is 0 Å². The molecule has 1 aliphatic rings. The summed E-state index contributed by atoms with van der Waals surface area (Å²) in [5.74, 6) is 3.69. The fourth-order valence-corrected chi connectivity index (χ4v) is 1.81. The van der Waals surface area contributed by atoms with E-state index in [9.17, 15) is 0 Å². The molecule has 1 saturated carbocycles. The van der Waals surface area contributed by atoms with Crippen molar-refractivity contribution in [2.45, 2.75) is 37.6 Å². The van der Waals surface area contributed by atoms with Crippen LogP contribution in [0.4, 0.5) is 0 Å². The largest absolute Gasteiger partial charge is 0.375 e. The van der Waals surface area contributed by atoms with Crippen molar-refractivity contribution in [2.75, 3.05) is 7.05 Å². The van der Waals surface area contributed by atoms with Gasteiger partial charge in [0.05, 0.1) is 11.4 Å².